The van der Waals surface area contributed by atoms with Crippen molar-refractivity contribution in [2.45, 2.75) is 26.4 Å². The van der Waals surface area contributed by atoms with Gasteiger partial charge in [0.1, 0.15) is 6.10 Å². The van der Waals surface area contributed by atoms with Crippen LogP contribution in [-0.2, 0) is 6.42 Å². The number of aliphatic hydroxyl groups excluding tert-OH is 1. The number of halogens is 1. The monoisotopic (exact) mass is 266 g/mol. The highest BCUT2D eigenvalue weighted by molar-refractivity contribution is 7.16. The van der Waals surface area contributed by atoms with Crippen LogP contribution in [0.15, 0.2) is 30.3 Å². The Morgan fingerprint density at radius 2 is 2.06 bits per heavy atom. The Morgan fingerprint density at radius 1 is 1.35 bits per heavy atom. The number of hydrogen-bond acceptors (Lipinski definition) is 2. The van der Waals surface area contributed by atoms with Crippen molar-refractivity contribution in [1.29, 1.82) is 0 Å². The van der Waals surface area contributed by atoms with E-state index in [2.05, 4.69) is 13.0 Å². The van der Waals surface area contributed by atoms with Crippen LogP contribution in [-0.4, -0.2) is 5.11 Å². The van der Waals surface area contributed by atoms with Crippen molar-refractivity contribution >= 4 is 22.9 Å². The van der Waals surface area contributed by atoms with Gasteiger partial charge in [0.05, 0.1) is 4.34 Å². The SMILES string of the molecule is CCc1ccccc1C(O)c1cc(C)c(Cl)s1. The second kappa shape index (κ2) is 5.21. The van der Waals surface area contributed by atoms with Crippen molar-refractivity contribution < 1.29 is 5.11 Å². The zero-order valence-corrected chi connectivity index (χ0v) is 11.5. The highest BCUT2D eigenvalue weighted by atomic mass is 35.5. The summed E-state index contributed by atoms with van der Waals surface area (Å²) in [6.45, 7) is 4.05. The number of aryl methyl sites for hydroxylation is 2. The molecule has 1 aromatic carbocycles. The molecule has 0 amide bonds. The summed E-state index contributed by atoms with van der Waals surface area (Å²) in [6.07, 6.45) is 0.355. The predicted molar refractivity (Wildman–Crippen MR) is 73.9 cm³/mol. The highest BCUT2D eigenvalue weighted by Gasteiger charge is 2.16. The molecule has 1 heterocycles. The zero-order chi connectivity index (χ0) is 12.4. The van der Waals surface area contributed by atoms with Gasteiger partial charge in [0.25, 0.3) is 0 Å². The lowest BCUT2D eigenvalue weighted by Crippen LogP contribution is -2.01. The minimum Gasteiger partial charge on any atom is -0.383 e. The molecule has 17 heavy (non-hydrogen) atoms. The van der Waals surface area contributed by atoms with Crippen molar-refractivity contribution in [3.8, 4) is 0 Å². The van der Waals surface area contributed by atoms with Crippen LogP contribution in [0.25, 0.3) is 0 Å². The Morgan fingerprint density at radius 3 is 2.65 bits per heavy atom. The molecule has 0 radical (unpaired) electrons. The van der Waals surface area contributed by atoms with E-state index in [9.17, 15) is 5.11 Å². The molecule has 0 aliphatic heterocycles. The van der Waals surface area contributed by atoms with E-state index >= 15 is 0 Å². The minimum atomic E-state index is -0.567. The normalized spacial score (nSPS) is 12.7. The third kappa shape index (κ3) is 2.54. The molecule has 1 aromatic heterocycles. The first-order valence-corrected chi connectivity index (χ1v) is 6.84. The summed E-state index contributed by atoms with van der Waals surface area (Å²) in [7, 11) is 0. The van der Waals surface area contributed by atoms with Gasteiger partial charge in [-0.05, 0) is 36.1 Å². The van der Waals surface area contributed by atoms with Crippen LogP contribution in [0.5, 0.6) is 0 Å². The summed E-state index contributed by atoms with van der Waals surface area (Å²) < 4.78 is 0.757. The van der Waals surface area contributed by atoms with Crippen molar-refractivity contribution in [2.75, 3.05) is 0 Å². The smallest absolute Gasteiger partial charge is 0.114 e. The van der Waals surface area contributed by atoms with Crippen molar-refractivity contribution in [3.05, 3.63) is 56.2 Å². The molecular formula is C14H15ClOS. The molecule has 0 fully saturated rings. The van der Waals surface area contributed by atoms with Gasteiger partial charge in [0, 0.05) is 4.88 Å². The van der Waals surface area contributed by atoms with Crippen LogP contribution in [0.4, 0.5) is 0 Å². The van der Waals surface area contributed by atoms with Crippen molar-refractivity contribution in [2.24, 2.45) is 0 Å². The Labute approximate surface area is 111 Å². The van der Waals surface area contributed by atoms with E-state index in [1.807, 2.05) is 31.2 Å². The predicted octanol–water partition coefficient (Wildman–Crippen LogP) is 4.35. The van der Waals surface area contributed by atoms with Gasteiger partial charge in [-0.2, -0.15) is 0 Å². The van der Waals surface area contributed by atoms with Gasteiger partial charge in [0.15, 0.2) is 0 Å². The average molecular weight is 267 g/mol. The summed E-state index contributed by atoms with van der Waals surface area (Å²) in [5.41, 5.74) is 3.19. The lowest BCUT2D eigenvalue weighted by Gasteiger charge is -2.13. The van der Waals surface area contributed by atoms with Crippen LogP contribution >= 0.6 is 22.9 Å². The Bertz CT molecular complexity index is 499. The van der Waals surface area contributed by atoms with Crippen LogP contribution in [0.1, 0.15) is 34.6 Å². The first kappa shape index (κ1) is 12.6. The van der Waals surface area contributed by atoms with Gasteiger partial charge in [0.2, 0.25) is 0 Å². The van der Waals surface area contributed by atoms with E-state index in [-0.39, 0.29) is 0 Å². The number of aliphatic hydroxyl groups is 1. The maximum Gasteiger partial charge on any atom is 0.114 e. The van der Waals surface area contributed by atoms with Gasteiger partial charge in [-0.1, -0.05) is 42.8 Å². The van der Waals surface area contributed by atoms with Gasteiger partial charge in [-0.3, -0.25) is 0 Å². The van der Waals surface area contributed by atoms with Gasteiger partial charge < -0.3 is 5.11 Å². The van der Waals surface area contributed by atoms with Crippen LogP contribution in [0.2, 0.25) is 4.34 Å². The lowest BCUT2D eigenvalue weighted by atomic mass is 9.99. The molecule has 1 N–H and O–H groups in total. The number of thiophene rings is 1. The maximum atomic E-state index is 10.4. The number of hydrogen-bond donors (Lipinski definition) is 1. The Kier molecular flexibility index (Phi) is 3.87. The molecule has 2 aromatic rings. The summed E-state index contributed by atoms with van der Waals surface area (Å²) in [5, 5.41) is 10.4. The highest BCUT2D eigenvalue weighted by Crippen LogP contribution is 2.35. The van der Waals surface area contributed by atoms with Gasteiger partial charge in [-0.25, -0.2) is 0 Å². The zero-order valence-electron chi connectivity index (χ0n) is 9.90. The molecule has 1 unspecified atom stereocenters. The fraction of sp³-hybridized carbons (Fsp3) is 0.286. The summed E-state index contributed by atoms with van der Waals surface area (Å²) >= 11 is 7.49. The van der Waals surface area contributed by atoms with Crippen molar-refractivity contribution in [3.63, 3.8) is 0 Å². The molecule has 2 rings (SSSR count). The molecule has 90 valence electrons. The van der Waals surface area contributed by atoms with E-state index in [0.717, 1.165) is 26.8 Å². The molecular weight excluding hydrogens is 252 g/mol. The number of rotatable bonds is 3. The number of benzene rings is 1. The first-order chi connectivity index (χ1) is 8.13. The quantitative estimate of drug-likeness (QED) is 0.875. The third-order valence-electron chi connectivity index (χ3n) is 2.88. The lowest BCUT2D eigenvalue weighted by molar-refractivity contribution is 0.223. The Hall–Kier alpha value is -0.830. The third-order valence-corrected chi connectivity index (χ3v) is 4.48. The van der Waals surface area contributed by atoms with E-state index < -0.39 is 6.10 Å². The average Bonchev–Trinajstić information content (AvgIpc) is 2.68. The molecule has 3 heteroatoms. The van der Waals surface area contributed by atoms with Gasteiger partial charge >= 0.3 is 0 Å². The fourth-order valence-corrected chi connectivity index (χ4v) is 3.12. The van der Waals surface area contributed by atoms with Crippen LogP contribution in [0.3, 0.4) is 0 Å². The molecule has 0 spiro atoms. The second-order valence-corrected chi connectivity index (χ2v) is 5.75. The van der Waals surface area contributed by atoms with E-state index in [4.69, 9.17) is 11.6 Å². The topological polar surface area (TPSA) is 20.2 Å². The molecule has 0 aliphatic rings. The molecule has 0 bridgehead atoms. The molecule has 0 aliphatic carbocycles. The first-order valence-electron chi connectivity index (χ1n) is 5.65. The minimum absolute atomic E-state index is 0.567. The van der Waals surface area contributed by atoms with Gasteiger partial charge in [-0.15, -0.1) is 11.3 Å². The maximum absolute atomic E-state index is 10.4. The second-order valence-electron chi connectivity index (χ2n) is 4.06. The molecule has 0 saturated heterocycles. The summed E-state index contributed by atoms with van der Waals surface area (Å²) in [4.78, 5) is 0.911. The van der Waals surface area contributed by atoms with E-state index in [1.54, 1.807) is 0 Å². The standard InChI is InChI=1S/C14H15ClOS/c1-3-10-6-4-5-7-11(10)13(16)12-8-9(2)14(15)17-12/h4-8,13,16H,3H2,1-2H3. The van der Waals surface area contributed by atoms with Crippen molar-refractivity contribution in [1.82, 2.24) is 0 Å². The molecule has 1 nitrogen and oxygen atoms in total. The molecule has 0 saturated carbocycles. The van der Waals surface area contributed by atoms with E-state index in [1.165, 1.54) is 16.9 Å². The Balaban J connectivity index is 2.39. The van der Waals surface area contributed by atoms with Crippen LogP contribution in [0, 0.1) is 6.92 Å². The van der Waals surface area contributed by atoms with E-state index in [0.29, 0.717) is 0 Å². The largest absolute Gasteiger partial charge is 0.383 e. The fourth-order valence-electron chi connectivity index (χ4n) is 1.89. The summed E-state index contributed by atoms with van der Waals surface area (Å²) in [6, 6.07) is 9.96. The molecule has 1 atom stereocenters. The summed E-state index contributed by atoms with van der Waals surface area (Å²) in [5.74, 6) is 0. The van der Waals surface area contributed by atoms with Crippen LogP contribution < -0.4 is 0 Å².